The third-order valence-corrected chi connectivity index (χ3v) is 8.75. The molecule has 0 unspecified atom stereocenters. The third-order valence-electron chi connectivity index (χ3n) is 8.75. The molecule has 4 aliphatic rings. The van der Waals surface area contributed by atoms with Crippen LogP contribution in [-0.2, 0) is 14.4 Å². The fourth-order valence-corrected chi connectivity index (χ4v) is 6.96. The van der Waals surface area contributed by atoms with Crippen LogP contribution in [0.4, 0.5) is 0 Å². The van der Waals surface area contributed by atoms with Gasteiger partial charge in [0, 0.05) is 12.6 Å². The van der Waals surface area contributed by atoms with Crippen LogP contribution in [0.1, 0.15) is 39.5 Å². The Bertz CT molecular complexity index is 1060. The van der Waals surface area contributed by atoms with Crippen molar-refractivity contribution in [3.05, 3.63) is 59.9 Å². The lowest BCUT2D eigenvalue weighted by Gasteiger charge is -2.30. The molecule has 0 aromatic carbocycles. The molecule has 0 aromatic rings. The summed E-state index contributed by atoms with van der Waals surface area (Å²) in [5.74, 6) is 0.00864. The fraction of sp³-hybridized carbons (Fsp3) is 0.552. The van der Waals surface area contributed by atoms with Gasteiger partial charge in [0.25, 0.3) is 5.91 Å². The molecule has 9 atom stereocenters. The highest BCUT2D eigenvalue weighted by molar-refractivity contribution is 6.27. The standard InChI is InChI=1S/C29H38N2O6/c1-3-17-14-19-15-18-8-4-7-11-23(35)30-13-12-22(34)27-28(36)26(29(37)31-27)21(33)10-6-5-9-20(32)25(18)24(19)16(17)2/h4-11,16-20,22,24-25,27,32-34H,3,12-15H2,1-2H3,(H,30,35)(H,31,37)/b8-4+,9-5+,10-6-,11-7+,26-21-/t16-,17-,18-,19-,20-,22-,24-,25+,27-/m0/s1. The van der Waals surface area contributed by atoms with E-state index >= 15 is 0 Å². The summed E-state index contributed by atoms with van der Waals surface area (Å²) in [6.07, 6.45) is 14.5. The molecule has 1 saturated heterocycles. The van der Waals surface area contributed by atoms with Crippen LogP contribution in [0.5, 0.6) is 0 Å². The van der Waals surface area contributed by atoms with Gasteiger partial charge in [0.2, 0.25) is 5.91 Å². The Hall–Kier alpha value is -2.97. The molecule has 5 N–H and O–H groups in total. The lowest BCUT2D eigenvalue weighted by molar-refractivity contribution is -0.118. The highest BCUT2D eigenvalue weighted by Gasteiger charge is 2.52. The first-order chi connectivity index (χ1) is 17.7. The van der Waals surface area contributed by atoms with Crippen molar-refractivity contribution in [1.29, 1.82) is 0 Å². The van der Waals surface area contributed by atoms with Crippen LogP contribution < -0.4 is 10.6 Å². The monoisotopic (exact) mass is 510 g/mol. The Labute approximate surface area is 217 Å². The molecule has 2 amide bonds. The van der Waals surface area contributed by atoms with Crippen LogP contribution in [0.2, 0.25) is 0 Å². The number of aliphatic hydroxyl groups excluding tert-OH is 3. The van der Waals surface area contributed by atoms with Gasteiger partial charge < -0.3 is 26.0 Å². The second-order valence-electron chi connectivity index (χ2n) is 10.8. The molecule has 37 heavy (non-hydrogen) atoms. The van der Waals surface area contributed by atoms with Crippen LogP contribution in [-0.4, -0.2) is 57.7 Å². The highest BCUT2D eigenvalue weighted by Crippen LogP contribution is 2.57. The van der Waals surface area contributed by atoms with Gasteiger partial charge in [-0.2, -0.15) is 0 Å². The van der Waals surface area contributed by atoms with E-state index in [1.165, 1.54) is 24.6 Å². The zero-order valence-electron chi connectivity index (χ0n) is 21.4. The van der Waals surface area contributed by atoms with E-state index in [9.17, 15) is 29.7 Å². The number of fused-ring (bicyclic) bond motifs is 5. The van der Waals surface area contributed by atoms with Crippen molar-refractivity contribution in [2.75, 3.05) is 6.54 Å². The number of rotatable bonds is 1. The number of amides is 2. The number of carbonyl (C=O) groups is 3. The number of hydrogen-bond acceptors (Lipinski definition) is 6. The Kier molecular flexibility index (Phi) is 8.49. The number of ketones is 1. The van der Waals surface area contributed by atoms with Crippen molar-refractivity contribution in [1.82, 2.24) is 10.6 Å². The number of allylic oxidation sites excluding steroid dienone is 6. The van der Waals surface area contributed by atoms with E-state index in [0.717, 1.165) is 12.8 Å². The van der Waals surface area contributed by atoms with Gasteiger partial charge in [0.15, 0.2) is 5.78 Å². The molecule has 0 spiro atoms. The van der Waals surface area contributed by atoms with Crippen LogP contribution >= 0.6 is 0 Å². The van der Waals surface area contributed by atoms with Crippen molar-refractivity contribution in [3.63, 3.8) is 0 Å². The molecule has 2 bridgehead atoms. The SMILES string of the molecule is CC[C@H]1C[C@H]2C[C@@H]3/C=C/C=C/C(=O)NCC[C@H](O)[C@@H]4NC(=O)/C(=C(O)/C=C\C=C\[C@H](O)[C@@H]3[C@H]2[C@H]1C)C4=O. The van der Waals surface area contributed by atoms with Crippen molar-refractivity contribution in [3.8, 4) is 0 Å². The second kappa shape index (κ2) is 11.6. The molecular weight excluding hydrogens is 472 g/mol. The van der Waals surface area contributed by atoms with E-state index in [4.69, 9.17) is 0 Å². The minimum atomic E-state index is -1.22. The average molecular weight is 511 g/mol. The van der Waals surface area contributed by atoms with Gasteiger partial charge in [-0.3, -0.25) is 14.4 Å². The van der Waals surface area contributed by atoms with E-state index in [2.05, 4.69) is 30.6 Å². The summed E-state index contributed by atoms with van der Waals surface area (Å²) in [7, 11) is 0. The predicted octanol–water partition coefficient (Wildman–Crippen LogP) is 2.27. The summed E-state index contributed by atoms with van der Waals surface area (Å²) in [5.41, 5.74) is -0.412. The number of carbonyl (C=O) groups excluding carboxylic acids is 3. The zero-order valence-corrected chi connectivity index (χ0v) is 21.4. The first kappa shape index (κ1) is 27.1. The van der Waals surface area contributed by atoms with Gasteiger partial charge in [0.1, 0.15) is 17.4 Å². The summed E-state index contributed by atoms with van der Waals surface area (Å²) < 4.78 is 0. The molecule has 0 radical (unpaired) electrons. The fourth-order valence-electron chi connectivity index (χ4n) is 6.96. The Morgan fingerprint density at radius 3 is 2.46 bits per heavy atom. The minimum absolute atomic E-state index is 0.0293. The van der Waals surface area contributed by atoms with E-state index in [0.29, 0.717) is 23.7 Å². The van der Waals surface area contributed by atoms with Gasteiger partial charge in [-0.25, -0.2) is 0 Å². The van der Waals surface area contributed by atoms with E-state index in [1.54, 1.807) is 18.2 Å². The maximum Gasteiger partial charge on any atom is 0.259 e. The van der Waals surface area contributed by atoms with Crippen LogP contribution in [0, 0.1) is 35.5 Å². The molecular formula is C29H38N2O6. The molecule has 8 nitrogen and oxygen atoms in total. The Balaban J connectivity index is 1.62. The molecule has 200 valence electrons. The maximum atomic E-state index is 12.7. The number of hydrogen-bond donors (Lipinski definition) is 5. The summed E-state index contributed by atoms with van der Waals surface area (Å²) in [6, 6.07) is -1.19. The summed E-state index contributed by atoms with van der Waals surface area (Å²) in [5, 5.41) is 37.1. The van der Waals surface area contributed by atoms with Crippen LogP contribution in [0.3, 0.4) is 0 Å². The summed E-state index contributed by atoms with van der Waals surface area (Å²) in [4.78, 5) is 37.2. The quantitative estimate of drug-likeness (QED) is 0.344. The van der Waals surface area contributed by atoms with Crippen molar-refractivity contribution in [2.45, 2.75) is 57.8 Å². The van der Waals surface area contributed by atoms with Crippen molar-refractivity contribution in [2.24, 2.45) is 35.5 Å². The molecule has 2 aliphatic heterocycles. The van der Waals surface area contributed by atoms with Gasteiger partial charge in [-0.1, -0.05) is 56.7 Å². The molecule has 3 fully saturated rings. The topological polar surface area (TPSA) is 136 Å². The summed E-state index contributed by atoms with van der Waals surface area (Å²) >= 11 is 0. The molecule has 2 aliphatic carbocycles. The lowest BCUT2D eigenvalue weighted by Crippen LogP contribution is -2.42. The van der Waals surface area contributed by atoms with E-state index < -0.39 is 41.3 Å². The Morgan fingerprint density at radius 2 is 1.70 bits per heavy atom. The zero-order chi connectivity index (χ0) is 26.7. The predicted molar refractivity (Wildman–Crippen MR) is 139 cm³/mol. The number of aliphatic hydroxyl groups is 3. The van der Waals surface area contributed by atoms with Gasteiger partial charge >= 0.3 is 0 Å². The lowest BCUT2D eigenvalue weighted by atomic mass is 9.76. The van der Waals surface area contributed by atoms with E-state index in [-0.39, 0.29) is 30.7 Å². The smallest absolute Gasteiger partial charge is 0.259 e. The second-order valence-corrected chi connectivity index (χ2v) is 10.8. The van der Waals surface area contributed by atoms with Crippen LogP contribution in [0.15, 0.2) is 59.9 Å². The first-order valence-electron chi connectivity index (χ1n) is 13.3. The number of Topliss-reactive ketones (excluding diaryl/α,β-unsaturated/α-hetero) is 1. The molecule has 2 saturated carbocycles. The van der Waals surface area contributed by atoms with Gasteiger partial charge in [-0.15, -0.1) is 0 Å². The first-order valence-corrected chi connectivity index (χ1v) is 13.3. The van der Waals surface area contributed by atoms with Gasteiger partial charge in [0.05, 0.1) is 12.2 Å². The molecule has 8 heteroatoms. The Morgan fingerprint density at radius 1 is 0.973 bits per heavy atom. The largest absolute Gasteiger partial charge is 0.507 e. The van der Waals surface area contributed by atoms with Gasteiger partial charge in [-0.05, 0) is 60.8 Å². The molecule has 4 rings (SSSR count). The molecule has 0 aromatic heterocycles. The highest BCUT2D eigenvalue weighted by atomic mass is 16.3. The normalized spacial score (nSPS) is 44.3. The third kappa shape index (κ3) is 5.65. The summed E-state index contributed by atoms with van der Waals surface area (Å²) in [6.45, 7) is 4.63. The van der Waals surface area contributed by atoms with Crippen molar-refractivity contribution >= 4 is 17.6 Å². The average Bonchev–Trinajstić information content (AvgIpc) is 3.48. The van der Waals surface area contributed by atoms with E-state index in [1.807, 2.05) is 6.08 Å². The molecule has 2 heterocycles. The number of nitrogens with one attached hydrogen (secondary N) is 2. The van der Waals surface area contributed by atoms with Crippen LogP contribution in [0.25, 0.3) is 0 Å². The maximum absolute atomic E-state index is 12.7. The minimum Gasteiger partial charge on any atom is -0.507 e. The van der Waals surface area contributed by atoms with Crippen molar-refractivity contribution < 1.29 is 29.7 Å².